The Kier molecular flexibility index (Phi) is 9.12. The summed E-state index contributed by atoms with van der Waals surface area (Å²) in [4.78, 5) is 25.5. The molecule has 0 saturated carbocycles. The summed E-state index contributed by atoms with van der Waals surface area (Å²) < 4.78 is 1.87. The maximum Gasteiger partial charge on any atom is 0.253 e. The molecule has 7 nitrogen and oxygen atoms in total. The number of aryl methyl sites for hydroxylation is 2. The van der Waals surface area contributed by atoms with E-state index in [0.29, 0.717) is 28.1 Å². The van der Waals surface area contributed by atoms with Crippen molar-refractivity contribution in [3.63, 3.8) is 0 Å². The number of nitrogens with zero attached hydrogens (tertiary/aromatic N) is 3. The first-order valence-electron chi connectivity index (χ1n) is 11.3. The summed E-state index contributed by atoms with van der Waals surface area (Å²) in [7, 11) is 0. The van der Waals surface area contributed by atoms with Crippen molar-refractivity contribution in [1.29, 1.82) is 0 Å². The van der Waals surface area contributed by atoms with E-state index in [1.807, 2.05) is 50.5 Å². The summed E-state index contributed by atoms with van der Waals surface area (Å²) >= 11 is 7.50. The van der Waals surface area contributed by atoms with Crippen molar-refractivity contribution in [1.82, 2.24) is 20.1 Å². The molecule has 1 heterocycles. The van der Waals surface area contributed by atoms with Crippen LogP contribution in [0.5, 0.6) is 0 Å². The largest absolute Gasteiger partial charge is 0.342 e. The fourth-order valence-electron chi connectivity index (χ4n) is 3.60. The fraction of sp³-hybridized carbons (Fsp3) is 0.308. The number of carbonyl (C=O) groups is 2. The molecule has 0 aliphatic rings. The number of thioether (sulfide) groups is 1. The van der Waals surface area contributed by atoms with Gasteiger partial charge < -0.3 is 15.2 Å². The standard InChI is InChI=1S/C26H30ClN5O2S/c1-6-13-32-24(23(16(2)3)29-25(34)19-9-7-8-10-20(19)27)30-31-26(32)35-15-22(33)28-21-12-11-17(4)14-18(21)5/h6-12,14,16,23H,1,13,15H2,2-5H3,(H,28,33)(H,29,34)/t23-/m0/s1. The molecule has 0 saturated heterocycles. The van der Waals surface area contributed by atoms with Gasteiger partial charge >= 0.3 is 0 Å². The zero-order chi connectivity index (χ0) is 25.5. The van der Waals surface area contributed by atoms with Crippen molar-refractivity contribution in [2.75, 3.05) is 11.1 Å². The van der Waals surface area contributed by atoms with Gasteiger partial charge in [0.15, 0.2) is 11.0 Å². The Morgan fingerprint density at radius 1 is 1.17 bits per heavy atom. The topological polar surface area (TPSA) is 88.9 Å². The number of anilines is 1. The normalized spacial score (nSPS) is 11.8. The molecule has 0 radical (unpaired) electrons. The van der Waals surface area contributed by atoms with Crippen LogP contribution in [-0.2, 0) is 11.3 Å². The zero-order valence-electron chi connectivity index (χ0n) is 20.3. The highest BCUT2D eigenvalue weighted by Gasteiger charge is 2.27. The molecule has 1 atom stereocenters. The number of carbonyl (C=O) groups excluding carboxylic acids is 2. The second-order valence-electron chi connectivity index (χ2n) is 8.57. The molecule has 1 aromatic heterocycles. The van der Waals surface area contributed by atoms with Crippen LogP contribution >= 0.6 is 23.4 Å². The number of rotatable bonds is 10. The van der Waals surface area contributed by atoms with Crippen LogP contribution in [0.2, 0.25) is 5.02 Å². The lowest BCUT2D eigenvalue weighted by molar-refractivity contribution is -0.113. The maximum atomic E-state index is 12.9. The number of aromatic nitrogens is 3. The van der Waals surface area contributed by atoms with Gasteiger partial charge in [0, 0.05) is 12.2 Å². The number of allylic oxidation sites excluding steroid dienone is 1. The van der Waals surface area contributed by atoms with Gasteiger partial charge in [0.2, 0.25) is 5.91 Å². The third-order valence-electron chi connectivity index (χ3n) is 5.40. The van der Waals surface area contributed by atoms with E-state index in [1.165, 1.54) is 11.8 Å². The Balaban J connectivity index is 1.76. The Hall–Kier alpha value is -3.10. The van der Waals surface area contributed by atoms with Crippen LogP contribution in [0.4, 0.5) is 5.69 Å². The van der Waals surface area contributed by atoms with Crippen LogP contribution in [0, 0.1) is 19.8 Å². The van der Waals surface area contributed by atoms with Crippen LogP contribution in [0.15, 0.2) is 60.3 Å². The minimum atomic E-state index is -0.412. The molecule has 0 fully saturated rings. The van der Waals surface area contributed by atoms with E-state index < -0.39 is 6.04 Å². The summed E-state index contributed by atoms with van der Waals surface area (Å²) in [6, 6.07) is 12.4. The third-order valence-corrected chi connectivity index (χ3v) is 6.69. The molecule has 0 bridgehead atoms. The molecular formula is C26H30ClN5O2S. The highest BCUT2D eigenvalue weighted by Crippen LogP contribution is 2.27. The Bertz CT molecular complexity index is 1220. The van der Waals surface area contributed by atoms with Crippen molar-refractivity contribution in [3.8, 4) is 0 Å². The highest BCUT2D eigenvalue weighted by atomic mass is 35.5. The van der Waals surface area contributed by atoms with E-state index in [1.54, 1.807) is 30.3 Å². The van der Waals surface area contributed by atoms with Crippen molar-refractivity contribution in [3.05, 3.63) is 82.7 Å². The summed E-state index contributed by atoms with van der Waals surface area (Å²) in [5, 5.41) is 15.6. The molecule has 0 spiro atoms. The quantitative estimate of drug-likeness (QED) is 0.273. The molecule has 0 aliphatic heterocycles. The summed E-state index contributed by atoms with van der Waals surface area (Å²) in [5.41, 5.74) is 3.33. The van der Waals surface area contributed by atoms with E-state index in [4.69, 9.17) is 11.6 Å². The van der Waals surface area contributed by atoms with E-state index in [0.717, 1.165) is 16.8 Å². The van der Waals surface area contributed by atoms with Crippen LogP contribution in [0.1, 0.15) is 47.2 Å². The Labute approximate surface area is 215 Å². The molecule has 0 unspecified atom stereocenters. The van der Waals surface area contributed by atoms with Crippen molar-refractivity contribution >= 4 is 40.9 Å². The molecule has 2 N–H and O–H groups in total. The monoisotopic (exact) mass is 511 g/mol. The van der Waals surface area contributed by atoms with Crippen molar-refractivity contribution in [2.24, 2.45) is 5.92 Å². The Morgan fingerprint density at radius 3 is 2.57 bits per heavy atom. The molecule has 3 rings (SSSR count). The zero-order valence-corrected chi connectivity index (χ0v) is 21.9. The average molecular weight is 512 g/mol. The molecule has 2 aromatic carbocycles. The molecule has 3 aromatic rings. The van der Waals surface area contributed by atoms with Gasteiger partial charge in [0.05, 0.1) is 22.4 Å². The predicted molar refractivity (Wildman–Crippen MR) is 142 cm³/mol. The molecular weight excluding hydrogens is 482 g/mol. The van der Waals surface area contributed by atoms with Crippen LogP contribution < -0.4 is 10.6 Å². The third kappa shape index (κ3) is 6.74. The first-order chi connectivity index (χ1) is 16.7. The lowest BCUT2D eigenvalue weighted by atomic mass is 10.0. The fourth-order valence-corrected chi connectivity index (χ4v) is 4.58. The van der Waals surface area contributed by atoms with Gasteiger partial charge in [-0.3, -0.25) is 9.59 Å². The predicted octanol–water partition coefficient (Wildman–Crippen LogP) is 5.59. The maximum absolute atomic E-state index is 12.9. The number of hydrogen-bond donors (Lipinski definition) is 2. The van der Waals surface area contributed by atoms with Crippen molar-refractivity contribution < 1.29 is 9.59 Å². The summed E-state index contributed by atoms with van der Waals surface area (Å²) in [5.74, 6) is 0.368. The van der Waals surface area contributed by atoms with E-state index in [-0.39, 0.29) is 23.5 Å². The van der Waals surface area contributed by atoms with Gasteiger partial charge in [0.1, 0.15) is 0 Å². The average Bonchev–Trinajstić information content (AvgIpc) is 3.20. The lowest BCUT2D eigenvalue weighted by Gasteiger charge is -2.23. The molecule has 9 heteroatoms. The van der Waals surface area contributed by atoms with Crippen LogP contribution in [-0.4, -0.2) is 32.3 Å². The van der Waals surface area contributed by atoms with E-state index in [2.05, 4.69) is 27.4 Å². The molecule has 35 heavy (non-hydrogen) atoms. The van der Waals surface area contributed by atoms with E-state index in [9.17, 15) is 9.59 Å². The van der Waals surface area contributed by atoms with Gasteiger partial charge in [-0.05, 0) is 43.5 Å². The number of amides is 2. The van der Waals surface area contributed by atoms with Crippen molar-refractivity contribution in [2.45, 2.75) is 45.4 Å². The summed E-state index contributed by atoms with van der Waals surface area (Å²) in [6.45, 7) is 12.2. The first kappa shape index (κ1) is 26.5. The number of hydrogen-bond acceptors (Lipinski definition) is 5. The highest BCUT2D eigenvalue weighted by molar-refractivity contribution is 7.99. The van der Waals surface area contributed by atoms with Crippen LogP contribution in [0.3, 0.4) is 0 Å². The van der Waals surface area contributed by atoms with Gasteiger partial charge in [-0.25, -0.2) is 0 Å². The van der Waals surface area contributed by atoms with Crippen LogP contribution in [0.25, 0.3) is 0 Å². The number of nitrogens with one attached hydrogen (secondary N) is 2. The summed E-state index contributed by atoms with van der Waals surface area (Å²) in [6.07, 6.45) is 1.74. The number of benzene rings is 2. The SMILES string of the molecule is C=CCn1c(SCC(=O)Nc2ccc(C)cc2C)nnc1[C@@H](NC(=O)c1ccccc1Cl)C(C)C. The second-order valence-corrected chi connectivity index (χ2v) is 9.92. The first-order valence-corrected chi connectivity index (χ1v) is 12.7. The van der Waals surface area contributed by atoms with Gasteiger partial charge in [0.25, 0.3) is 5.91 Å². The smallest absolute Gasteiger partial charge is 0.253 e. The van der Waals surface area contributed by atoms with Gasteiger partial charge in [-0.15, -0.1) is 16.8 Å². The Morgan fingerprint density at radius 2 is 1.91 bits per heavy atom. The minimum Gasteiger partial charge on any atom is -0.342 e. The van der Waals surface area contributed by atoms with Gasteiger partial charge in [-0.2, -0.15) is 0 Å². The van der Waals surface area contributed by atoms with Gasteiger partial charge in [-0.1, -0.05) is 73.1 Å². The van der Waals surface area contributed by atoms with E-state index >= 15 is 0 Å². The minimum absolute atomic E-state index is 0.0277. The molecule has 2 amide bonds. The molecule has 0 aliphatic carbocycles. The lowest BCUT2D eigenvalue weighted by Crippen LogP contribution is -2.34. The second kappa shape index (κ2) is 12.0. The number of halogens is 1. The molecule has 184 valence electrons.